The summed E-state index contributed by atoms with van der Waals surface area (Å²) in [5.74, 6) is 0. The van der Waals surface area contributed by atoms with Crippen LogP contribution in [0.1, 0.15) is 34.6 Å². The average Bonchev–Trinajstić information content (AvgIpc) is 2.33. The molecule has 0 aliphatic carbocycles. The Morgan fingerprint density at radius 3 is 1.93 bits per heavy atom. The van der Waals surface area contributed by atoms with Gasteiger partial charge in [0.15, 0.2) is 0 Å². The van der Waals surface area contributed by atoms with Crippen LogP contribution in [0.25, 0.3) is 0 Å². The van der Waals surface area contributed by atoms with Crippen molar-refractivity contribution in [2.24, 2.45) is 0 Å². The maximum absolute atomic E-state index is 13.6. The fourth-order valence-corrected chi connectivity index (χ4v) is 1.18. The van der Waals surface area contributed by atoms with Crippen molar-refractivity contribution in [3.63, 3.8) is 0 Å². The molecule has 1 aliphatic rings. The predicted octanol–water partition coefficient (Wildman–Crippen LogP) is 2.38. The van der Waals surface area contributed by atoms with E-state index in [1.165, 1.54) is 6.92 Å². The van der Waals surface area contributed by atoms with E-state index < -0.39 is 24.0 Å². The maximum atomic E-state index is 13.6. The van der Waals surface area contributed by atoms with Crippen molar-refractivity contribution in [3.05, 3.63) is 11.3 Å². The van der Waals surface area contributed by atoms with Gasteiger partial charge in [0.05, 0.1) is 22.8 Å². The molecule has 5 heteroatoms. The Labute approximate surface area is 90.0 Å². The Balaban J connectivity index is 2.95. The zero-order chi connectivity index (χ0) is 11.9. The van der Waals surface area contributed by atoms with Crippen molar-refractivity contribution in [3.8, 4) is 6.07 Å². The summed E-state index contributed by atoms with van der Waals surface area (Å²) >= 11 is 0. The molecule has 0 radical (unpaired) electrons. The van der Waals surface area contributed by atoms with Gasteiger partial charge in [0.25, 0.3) is 0 Å². The molecule has 0 aromatic rings. The molecule has 0 saturated carbocycles. The number of nitriles is 1. The van der Waals surface area contributed by atoms with Gasteiger partial charge in [-0.3, -0.25) is 0 Å². The highest BCUT2D eigenvalue weighted by atomic mass is 19.1. The fraction of sp³-hybridized carbons (Fsp3) is 0.700. The molecule has 0 spiro atoms. The van der Waals surface area contributed by atoms with Crippen molar-refractivity contribution in [1.29, 1.82) is 5.26 Å². The third-order valence-electron chi connectivity index (χ3n) is 2.99. The van der Waals surface area contributed by atoms with Crippen LogP contribution in [0.5, 0.6) is 0 Å². The second-order valence-corrected chi connectivity index (χ2v) is 4.67. The summed E-state index contributed by atoms with van der Waals surface area (Å²) in [4.78, 5) is 0. The lowest BCUT2D eigenvalue weighted by Crippen LogP contribution is -2.41. The summed E-state index contributed by atoms with van der Waals surface area (Å²) in [7, 11) is -1.06. The van der Waals surface area contributed by atoms with Crippen LogP contribution in [-0.2, 0) is 9.31 Å². The smallest absolute Gasteiger partial charge is 0.398 e. The summed E-state index contributed by atoms with van der Waals surface area (Å²) < 4.78 is 24.5. The third-order valence-corrected chi connectivity index (χ3v) is 2.99. The van der Waals surface area contributed by atoms with E-state index in [0.717, 1.165) is 0 Å². The minimum absolute atomic E-state index is 0.00602. The largest absolute Gasteiger partial charge is 0.526 e. The van der Waals surface area contributed by atoms with Gasteiger partial charge in [0.1, 0.15) is 5.73 Å². The zero-order valence-electron chi connectivity index (χ0n) is 9.72. The summed E-state index contributed by atoms with van der Waals surface area (Å²) in [6, 6.07) is 1.74. The topological polar surface area (TPSA) is 42.2 Å². The number of allylic oxidation sites excluding steroid dienone is 1. The van der Waals surface area contributed by atoms with Gasteiger partial charge >= 0.3 is 7.12 Å². The van der Waals surface area contributed by atoms with Crippen molar-refractivity contribution < 1.29 is 13.7 Å². The molecule has 3 nitrogen and oxygen atoms in total. The minimum Gasteiger partial charge on any atom is -0.398 e. The molecular weight excluding hydrogens is 196 g/mol. The molecular formula is C10H15BFNO2. The van der Waals surface area contributed by atoms with Crippen LogP contribution in [0.3, 0.4) is 0 Å². The van der Waals surface area contributed by atoms with Gasteiger partial charge in [-0.15, -0.1) is 0 Å². The predicted molar refractivity (Wildman–Crippen MR) is 55.5 cm³/mol. The molecule has 0 aromatic carbocycles. The van der Waals surface area contributed by atoms with Crippen molar-refractivity contribution in [1.82, 2.24) is 0 Å². The lowest BCUT2D eigenvalue weighted by molar-refractivity contribution is 0.00578. The average molecular weight is 211 g/mol. The quantitative estimate of drug-likeness (QED) is 0.493. The molecule has 82 valence electrons. The van der Waals surface area contributed by atoms with E-state index in [2.05, 4.69) is 0 Å². The standard InChI is InChI=1S/C10H15BFNO2/c1-7(6-13)8(12)11-14-9(2,3)10(4,5)15-11/h1-5H3. The van der Waals surface area contributed by atoms with Crippen LogP contribution in [-0.4, -0.2) is 18.3 Å². The molecule has 0 unspecified atom stereocenters. The third kappa shape index (κ3) is 2.06. The van der Waals surface area contributed by atoms with E-state index in [0.29, 0.717) is 0 Å². The maximum Gasteiger partial charge on any atom is 0.526 e. The lowest BCUT2D eigenvalue weighted by Gasteiger charge is -2.32. The first-order valence-electron chi connectivity index (χ1n) is 4.83. The SMILES string of the molecule is CC(C#N)=C(F)B1OC(C)(C)C(C)(C)O1. The van der Waals surface area contributed by atoms with Crippen LogP contribution in [0.15, 0.2) is 11.3 Å². The highest BCUT2D eigenvalue weighted by molar-refractivity contribution is 6.54. The summed E-state index contributed by atoms with van der Waals surface area (Å²) in [6.07, 6.45) is 0. The highest BCUT2D eigenvalue weighted by Crippen LogP contribution is 2.39. The number of rotatable bonds is 1. The normalized spacial score (nSPS) is 24.7. The first kappa shape index (κ1) is 12.2. The molecule has 0 amide bonds. The van der Waals surface area contributed by atoms with Crippen LogP contribution < -0.4 is 0 Å². The Morgan fingerprint density at radius 1 is 1.20 bits per heavy atom. The van der Waals surface area contributed by atoms with E-state index in [4.69, 9.17) is 14.6 Å². The number of halogens is 1. The van der Waals surface area contributed by atoms with E-state index in [-0.39, 0.29) is 5.57 Å². The van der Waals surface area contributed by atoms with Crippen molar-refractivity contribution in [2.75, 3.05) is 0 Å². The van der Waals surface area contributed by atoms with E-state index in [1.807, 2.05) is 27.7 Å². The summed E-state index contributed by atoms with van der Waals surface area (Å²) in [5, 5.41) is 8.57. The number of hydrogen-bond donors (Lipinski definition) is 0. The van der Waals surface area contributed by atoms with E-state index in [1.54, 1.807) is 6.07 Å². The molecule has 0 N–H and O–H groups in total. The van der Waals surface area contributed by atoms with Gasteiger partial charge < -0.3 is 9.31 Å². The molecule has 1 aliphatic heterocycles. The molecule has 0 aromatic heterocycles. The van der Waals surface area contributed by atoms with Crippen molar-refractivity contribution in [2.45, 2.75) is 45.8 Å². The van der Waals surface area contributed by atoms with Gasteiger partial charge in [-0.05, 0) is 34.6 Å². The molecule has 1 fully saturated rings. The molecule has 1 rings (SSSR count). The molecule has 1 saturated heterocycles. The van der Waals surface area contributed by atoms with Crippen molar-refractivity contribution >= 4 is 7.12 Å². The second-order valence-electron chi connectivity index (χ2n) is 4.67. The summed E-state index contributed by atoms with van der Waals surface area (Å²) in [5.41, 5.74) is -1.81. The van der Waals surface area contributed by atoms with Gasteiger partial charge in [-0.25, -0.2) is 4.39 Å². The van der Waals surface area contributed by atoms with E-state index in [9.17, 15) is 4.39 Å². The fourth-order valence-electron chi connectivity index (χ4n) is 1.18. The molecule has 1 heterocycles. The Morgan fingerprint density at radius 2 is 1.60 bits per heavy atom. The molecule has 0 bridgehead atoms. The lowest BCUT2D eigenvalue weighted by atomic mass is 9.85. The molecule has 15 heavy (non-hydrogen) atoms. The van der Waals surface area contributed by atoms with Crippen LogP contribution in [0, 0.1) is 11.3 Å². The van der Waals surface area contributed by atoms with Crippen LogP contribution >= 0.6 is 0 Å². The van der Waals surface area contributed by atoms with Crippen LogP contribution in [0.4, 0.5) is 4.39 Å². The monoisotopic (exact) mass is 211 g/mol. The van der Waals surface area contributed by atoms with Gasteiger partial charge in [0.2, 0.25) is 0 Å². The second kappa shape index (κ2) is 3.62. The summed E-state index contributed by atoms with van der Waals surface area (Å²) in [6.45, 7) is 8.74. The first-order valence-corrected chi connectivity index (χ1v) is 4.83. The molecule has 0 atom stereocenters. The zero-order valence-corrected chi connectivity index (χ0v) is 9.72. The van der Waals surface area contributed by atoms with Crippen LogP contribution in [0.2, 0.25) is 0 Å². The first-order chi connectivity index (χ1) is 6.71. The van der Waals surface area contributed by atoms with Gasteiger partial charge in [-0.2, -0.15) is 5.26 Å². The van der Waals surface area contributed by atoms with Gasteiger partial charge in [0, 0.05) is 0 Å². The van der Waals surface area contributed by atoms with Gasteiger partial charge in [-0.1, -0.05) is 0 Å². The number of nitrogens with zero attached hydrogens (tertiary/aromatic N) is 1. The Kier molecular flexibility index (Phi) is 2.95. The Bertz CT molecular complexity index is 328. The van der Waals surface area contributed by atoms with E-state index >= 15 is 0 Å². The minimum atomic E-state index is -1.06. The Hall–Kier alpha value is -0.855. The highest BCUT2D eigenvalue weighted by Gasteiger charge is 2.53. The number of hydrogen-bond acceptors (Lipinski definition) is 3.